The number of aromatic nitrogens is 1. The van der Waals surface area contributed by atoms with Gasteiger partial charge in [-0.05, 0) is 6.07 Å². The number of hydrogen-bond acceptors (Lipinski definition) is 1. The molecule has 0 aliphatic carbocycles. The molecule has 0 fully saturated rings. The van der Waals surface area contributed by atoms with Crippen LogP contribution in [-0.4, -0.2) is 4.98 Å². The van der Waals surface area contributed by atoms with Gasteiger partial charge in [-0.3, -0.25) is 4.79 Å². The van der Waals surface area contributed by atoms with Crippen molar-refractivity contribution < 1.29 is 17.6 Å². The van der Waals surface area contributed by atoms with Crippen LogP contribution in [0.2, 0.25) is 0 Å². The molecule has 1 N–H and O–H groups in total. The normalized spacial score (nSPS) is 11.7. The molecule has 1 aromatic rings. The fourth-order valence-corrected chi connectivity index (χ4v) is 0.719. The fourth-order valence-electron chi connectivity index (χ4n) is 0.719. The Labute approximate surface area is 63.8 Å². The van der Waals surface area contributed by atoms with Crippen LogP contribution in [0.5, 0.6) is 0 Å². The zero-order valence-electron chi connectivity index (χ0n) is 5.57. The van der Waals surface area contributed by atoms with Gasteiger partial charge < -0.3 is 4.98 Å². The molecule has 1 aromatic heterocycles. The molecule has 6 heteroatoms. The number of rotatable bonds is 0. The van der Waals surface area contributed by atoms with Crippen LogP contribution in [0.3, 0.4) is 0 Å². The third kappa shape index (κ3) is 1.46. The van der Waals surface area contributed by atoms with E-state index < -0.39 is 23.1 Å². The van der Waals surface area contributed by atoms with Gasteiger partial charge in [0.2, 0.25) is 0 Å². The van der Waals surface area contributed by atoms with E-state index in [1.54, 1.807) is 4.98 Å². The molecular weight excluding hydrogens is 178 g/mol. The molecule has 0 aromatic carbocycles. The maximum atomic E-state index is 12.4. The number of pyridine rings is 1. The van der Waals surface area contributed by atoms with Gasteiger partial charge in [0.15, 0.2) is 5.56 Å². The first-order valence-electron chi connectivity index (χ1n) is 2.87. The molecule has 0 saturated carbocycles. The molecule has 0 aliphatic rings. The van der Waals surface area contributed by atoms with E-state index >= 15 is 0 Å². The summed E-state index contributed by atoms with van der Waals surface area (Å²) >= 11 is 0. The van der Waals surface area contributed by atoms with Crippen LogP contribution in [0.15, 0.2) is 17.1 Å². The van der Waals surface area contributed by atoms with Gasteiger partial charge in [0.1, 0.15) is 5.82 Å². The lowest BCUT2D eigenvalue weighted by Crippen LogP contribution is -2.23. The molecule has 0 spiro atoms. The monoisotopic (exact) mass is 181 g/mol. The average Bonchev–Trinajstić information content (AvgIpc) is 1.82. The first kappa shape index (κ1) is 8.76. The van der Waals surface area contributed by atoms with E-state index in [9.17, 15) is 22.4 Å². The van der Waals surface area contributed by atoms with Gasteiger partial charge in [0, 0.05) is 6.20 Å². The van der Waals surface area contributed by atoms with Crippen molar-refractivity contribution in [1.82, 2.24) is 4.98 Å². The molecule has 0 radical (unpaired) electrons. The second-order valence-electron chi connectivity index (χ2n) is 2.03. The zero-order chi connectivity index (χ0) is 9.35. The minimum Gasteiger partial charge on any atom is -0.328 e. The van der Waals surface area contributed by atoms with Crippen molar-refractivity contribution in [2.24, 2.45) is 0 Å². The molecule has 0 aliphatic heterocycles. The van der Waals surface area contributed by atoms with Crippen molar-refractivity contribution >= 4 is 0 Å². The number of nitrogens with one attached hydrogen (secondary N) is 1. The molecular formula is C6H3F4NO. The Hall–Kier alpha value is -1.33. The molecule has 12 heavy (non-hydrogen) atoms. The Morgan fingerprint density at radius 1 is 1.33 bits per heavy atom. The summed E-state index contributed by atoms with van der Waals surface area (Å²) in [4.78, 5) is 12.2. The van der Waals surface area contributed by atoms with Crippen LogP contribution < -0.4 is 5.56 Å². The maximum absolute atomic E-state index is 12.4. The molecule has 0 amide bonds. The molecule has 1 heterocycles. The van der Waals surface area contributed by atoms with Gasteiger partial charge >= 0.3 is 6.18 Å². The summed E-state index contributed by atoms with van der Waals surface area (Å²) in [6.07, 6.45) is -4.13. The highest BCUT2D eigenvalue weighted by molar-refractivity contribution is 5.15. The Bertz CT molecular complexity index is 340. The third-order valence-electron chi connectivity index (χ3n) is 1.19. The number of H-pyrrole nitrogens is 1. The van der Waals surface area contributed by atoms with Crippen LogP contribution in [0.4, 0.5) is 17.6 Å². The summed E-state index contributed by atoms with van der Waals surface area (Å²) in [6.45, 7) is 0. The van der Waals surface area contributed by atoms with Crippen molar-refractivity contribution in [3.8, 4) is 0 Å². The summed E-state index contributed by atoms with van der Waals surface area (Å²) in [5, 5.41) is 0. The van der Waals surface area contributed by atoms with E-state index in [1.165, 1.54) is 0 Å². The summed E-state index contributed by atoms with van der Waals surface area (Å²) in [6, 6.07) is 0.546. The molecule has 0 atom stereocenters. The lowest BCUT2D eigenvalue weighted by molar-refractivity contribution is -0.141. The van der Waals surface area contributed by atoms with E-state index in [2.05, 4.69) is 0 Å². The van der Waals surface area contributed by atoms with Crippen molar-refractivity contribution in [2.75, 3.05) is 0 Å². The van der Waals surface area contributed by atoms with Crippen molar-refractivity contribution in [2.45, 2.75) is 6.18 Å². The largest absolute Gasteiger partial charge is 0.424 e. The molecule has 2 nitrogen and oxygen atoms in total. The SMILES string of the molecule is O=c1[nH]ccc(F)c1C(F)(F)F. The van der Waals surface area contributed by atoms with Crippen LogP contribution in [0, 0.1) is 5.82 Å². The molecule has 0 bridgehead atoms. The minimum absolute atomic E-state index is 0.546. The van der Waals surface area contributed by atoms with E-state index in [4.69, 9.17) is 0 Å². The predicted octanol–water partition coefficient (Wildman–Crippen LogP) is 1.53. The van der Waals surface area contributed by atoms with Gasteiger partial charge in [-0.15, -0.1) is 0 Å². The summed E-state index contributed by atoms with van der Waals surface area (Å²) in [5.74, 6) is -1.56. The van der Waals surface area contributed by atoms with Crippen LogP contribution in [0.25, 0.3) is 0 Å². The highest BCUT2D eigenvalue weighted by Gasteiger charge is 2.37. The molecule has 66 valence electrons. The van der Waals surface area contributed by atoms with Crippen molar-refractivity contribution in [3.05, 3.63) is 34.0 Å². The van der Waals surface area contributed by atoms with Gasteiger partial charge in [-0.1, -0.05) is 0 Å². The molecule has 0 unspecified atom stereocenters. The smallest absolute Gasteiger partial charge is 0.328 e. The molecule has 0 saturated heterocycles. The number of hydrogen-bond donors (Lipinski definition) is 1. The highest BCUT2D eigenvalue weighted by atomic mass is 19.4. The molecule has 1 rings (SSSR count). The number of aromatic amines is 1. The number of halogens is 4. The first-order valence-corrected chi connectivity index (χ1v) is 2.87. The minimum atomic E-state index is -4.95. The predicted molar refractivity (Wildman–Crippen MR) is 32.0 cm³/mol. The standard InChI is InChI=1S/C6H3F4NO/c7-3-1-2-11-5(12)4(3)6(8,9)10/h1-2H,(H,11,12). The number of alkyl halides is 3. The van der Waals surface area contributed by atoms with Crippen LogP contribution in [-0.2, 0) is 6.18 Å². The second-order valence-corrected chi connectivity index (χ2v) is 2.03. The van der Waals surface area contributed by atoms with E-state index in [0.29, 0.717) is 6.07 Å². The lowest BCUT2D eigenvalue weighted by Gasteiger charge is -2.04. The Balaban J connectivity index is 3.42. The Morgan fingerprint density at radius 3 is 2.25 bits per heavy atom. The fraction of sp³-hybridized carbons (Fsp3) is 0.167. The van der Waals surface area contributed by atoms with Crippen molar-refractivity contribution in [1.29, 1.82) is 0 Å². The Morgan fingerprint density at radius 2 is 1.92 bits per heavy atom. The van der Waals surface area contributed by atoms with Gasteiger partial charge in [-0.2, -0.15) is 13.2 Å². The van der Waals surface area contributed by atoms with Crippen LogP contribution in [0.1, 0.15) is 5.56 Å². The summed E-state index contributed by atoms with van der Waals surface area (Å²) in [7, 11) is 0. The summed E-state index contributed by atoms with van der Waals surface area (Å²) in [5.41, 5.74) is -3.26. The van der Waals surface area contributed by atoms with Crippen LogP contribution >= 0.6 is 0 Å². The van der Waals surface area contributed by atoms with Gasteiger partial charge in [0.05, 0.1) is 0 Å². The third-order valence-corrected chi connectivity index (χ3v) is 1.19. The zero-order valence-corrected chi connectivity index (χ0v) is 5.57. The van der Waals surface area contributed by atoms with Gasteiger partial charge in [-0.25, -0.2) is 4.39 Å². The quantitative estimate of drug-likeness (QED) is 0.605. The maximum Gasteiger partial charge on any atom is 0.424 e. The van der Waals surface area contributed by atoms with E-state index in [-0.39, 0.29) is 0 Å². The highest BCUT2D eigenvalue weighted by Crippen LogP contribution is 2.27. The Kier molecular flexibility index (Phi) is 1.91. The van der Waals surface area contributed by atoms with Gasteiger partial charge in [0.25, 0.3) is 5.56 Å². The average molecular weight is 181 g/mol. The first-order chi connectivity index (χ1) is 5.43. The van der Waals surface area contributed by atoms with Crippen molar-refractivity contribution in [3.63, 3.8) is 0 Å². The second kappa shape index (κ2) is 2.62. The van der Waals surface area contributed by atoms with E-state index in [1.807, 2.05) is 0 Å². The topological polar surface area (TPSA) is 32.9 Å². The van der Waals surface area contributed by atoms with E-state index in [0.717, 1.165) is 6.20 Å². The summed E-state index contributed by atoms with van der Waals surface area (Å²) < 4.78 is 48.0. The lowest BCUT2D eigenvalue weighted by atomic mass is 10.2.